The highest BCUT2D eigenvalue weighted by Crippen LogP contribution is 2.67. The number of carbonyl (C=O) groups excluding carboxylic acids is 2. The first-order chi connectivity index (χ1) is 34.0. The van der Waals surface area contributed by atoms with Gasteiger partial charge in [-0.25, -0.2) is 0 Å². The molecule has 0 radical (unpaired) electrons. The Morgan fingerprint density at radius 2 is 1.54 bits per heavy atom. The van der Waals surface area contributed by atoms with Crippen molar-refractivity contribution in [1.29, 1.82) is 0 Å². The van der Waals surface area contributed by atoms with Crippen LogP contribution in [0, 0.1) is 40.4 Å². The molecular formula is C61H106N2O7. The number of amides is 1. The van der Waals surface area contributed by atoms with E-state index in [1.54, 1.807) is 0 Å². The molecule has 0 aromatic carbocycles. The average Bonchev–Trinajstić information content (AvgIpc) is 3.91. The molecule has 0 aromatic rings. The van der Waals surface area contributed by atoms with E-state index in [0.717, 1.165) is 81.4 Å². The van der Waals surface area contributed by atoms with Gasteiger partial charge in [0.1, 0.15) is 6.10 Å². The van der Waals surface area contributed by atoms with Crippen LogP contribution in [0.5, 0.6) is 0 Å². The summed E-state index contributed by atoms with van der Waals surface area (Å²) in [6.07, 6.45) is 43.4. The van der Waals surface area contributed by atoms with E-state index in [-0.39, 0.29) is 42.3 Å². The molecule has 9 atom stereocenters. The highest BCUT2D eigenvalue weighted by atomic mass is 16.6. The molecule has 1 aliphatic heterocycles. The minimum Gasteiger partial charge on any atom is -0.462 e. The Kier molecular flexibility index (Phi) is 27.7. The van der Waals surface area contributed by atoms with Gasteiger partial charge in [-0.1, -0.05) is 128 Å². The summed E-state index contributed by atoms with van der Waals surface area (Å²) < 4.78 is 30.0. The summed E-state index contributed by atoms with van der Waals surface area (Å²) in [5, 5.41) is 2.89. The lowest BCUT2D eigenvalue weighted by molar-refractivity contribution is -0.152. The second-order valence-corrected chi connectivity index (χ2v) is 23.5. The first-order valence-corrected chi connectivity index (χ1v) is 29.6. The number of rotatable bonds is 37. The van der Waals surface area contributed by atoms with Gasteiger partial charge < -0.3 is 29.0 Å². The zero-order valence-corrected chi connectivity index (χ0v) is 46.0. The van der Waals surface area contributed by atoms with E-state index in [9.17, 15) is 9.59 Å². The van der Waals surface area contributed by atoms with Gasteiger partial charge in [-0.3, -0.25) is 14.5 Å². The van der Waals surface area contributed by atoms with Crippen molar-refractivity contribution in [2.75, 3.05) is 65.9 Å². The molecule has 0 spiro atoms. The summed E-state index contributed by atoms with van der Waals surface area (Å²) >= 11 is 0. The van der Waals surface area contributed by atoms with Gasteiger partial charge in [0.2, 0.25) is 5.91 Å². The minimum absolute atomic E-state index is 0.0413. The highest BCUT2D eigenvalue weighted by Gasteiger charge is 2.58. The normalized spacial score (nSPS) is 28.3. The second-order valence-electron chi connectivity index (χ2n) is 23.5. The van der Waals surface area contributed by atoms with Crippen LogP contribution in [0.2, 0.25) is 0 Å². The molecule has 1 saturated heterocycles. The molecule has 1 N–H and O–H groups in total. The summed E-state index contributed by atoms with van der Waals surface area (Å²) in [7, 11) is 0. The van der Waals surface area contributed by atoms with Crippen LogP contribution in [0.4, 0.5) is 0 Å². The van der Waals surface area contributed by atoms with Crippen LogP contribution >= 0.6 is 0 Å². The summed E-state index contributed by atoms with van der Waals surface area (Å²) in [6, 6.07) is 0.596. The van der Waals surface area contributed by atoms with Crippen LogP contribution in [0.15, 0.2) is 36.0 Å². The number of unbranched alkanes of at least 4 members (excludes halogenated alkanes) is 9. The molecule has 5 rings (SSSR count). The maximum absolute atomic E-state index is 12.9. The van der Waals surface area contributed by atoms with E-state index in [0.29, 0.717) is 57.6 Å². The van der Waals surface area contributed by atoms with E-state index < -0.39 is 0 Å². The van der Waals surface area contributed by atoms with Crippen LogP contribution in [0.1, 0.15) is 215 Å². The predicted molar refractivity (Wildman–Crippen MR) is 288 cm³/mol. The number of hydrogen-bond acceptors (Lipinski definition) is 8. The SMILES string of the molecule is CCCCC=CCC=CCCCCCCCCOCC(CN1CCCC1C)OCCOCCOCCNC(=O)CCC(=O)OC1CCC2(C)C(=CCC3C2CCC2(C)C(CCCCC(C)C)CCC32)C1. The number of nitrogens with one attached hydrogen (secondary N) is 1. The van der Waals surface area contributed by atoms with E-state index in [2.05, 4.69) is 82.1 Å². The standard InChI is InChI=1S/C61H106N2O7/c1-7-8-9-10-11-12-13-14-15-16-17-18-19-20-23-40-68-48-54(47-63-39-24-26-50(63)4)69-45-44-67-43-42-66-41-38-62-58(64)32-33-59(65)70-53-34-36-61(6)52(46-53)28-30-55-56-31-29-51(27-22-21-25-49(2)3)60(56,5)37-35-57(55)61/h10-11,13-14,28,49-51,53-57H,7-9,12,15-27,29-48H2,1-6H3,(H,62,64). The fraction of sp³-hybridized carbons (Fsp3) is 0.869. The van der Waals surface area contributed by atoms with Crippen molar-refractivity contribution in [1.82, 2.24) is 10.2 Å². The molecule has 5 aliphatic rings. The highest BCUT2D eigenvalue weighted by molar-refractivity contribution is 5.81. The first-order valence-electron chi connectivity index (χ1n) is 29.6. The molecule has 402 valence electrons. The summed E-state index contributed by atoms with van der Waals surface area (Å²) in [6.45, 7) is 20.7. The molecule has 0 aromatic heterocycles. The van der Waals surface area contributed by atoms with Crippen LogP contribution in [-0.2, 0) is 33.3 Å². The van der Waals surface area contributed by atoms with Crippen LogP contribution in [-0.4, -0.2) is 101 Å². The number of ether oxygens (including phenoxy) is 5. The van der Waals surface area contributed by atoms with Gasteiger partial charge in [-0.2, -0.15) is 0 Å². The lowest BCUT2D eigenvalue weighted by atomic mass is 9.47. The number of fused-ring (bicyclic) bond motifs is 5. The molecular weight excluding hydrogens is 873 g/mol. The molecule has 9 unspecified atom stereocenters. The Bertz CT molecular complexity index is 1550. The van der Waals surface area contributed by atoms with Crippen molar-refractivity contribution in [3.05, 3.63) is 36.0 Å². The van der Waals surface area contributed by atoms with E-state index in [1.165, 1.54) is 134 Å². The van der Waals surface area contributed by atoms with Crippen molar-refractivity contribution in [3.8, 4) is 0 Å². The third kappa shape index (κ3) is 20.0. The Labute approximate surface area is 429 Å². The minimum atomic E-state index is -0.258. The third-order valence-electron chi connectivity index (χ3n) is 17.9. The Hall–Kier alpha value is -2.04. The van der Waals surface area contributed by atoms with Crippen molar-refractivity contribution in [2.24, 2.45) is 40.4 Å². The van der Waals surface area contributed by atoms with Crippen LogP contribution in [0.25, 0.3) is 0 Å². The number of carbonyl (C=O) groups is 2. The van der Waals surface area contributed by atoms with E-state index >= 15 is 0 Å². The van der Waals surface area contributed by atoms with Crippen LogP contribution in [0.3, 0.4) is 0 Å². The summed E-state index contributed by atoms with van der Waals surface area (Å²) in [5.41, 5.74) is 2.30. The number of esters is 1. The number of hydrogen-bond donors (Lipinski definition) is 1. The fourth-order valence-corrected chi connectivity index (χ4v) is 13.6. The maximum atomic E-state index is 12.9. The summed E-state index contributed by atoms with van der Waals surface area (Å²) in [5.74, 6) is 3.76. The molecule has 9 nitrogen and oxygen atoms in total. The molecule has 4 fully saturated rings. The Balaban J connectivity index is 0.848. The zero-order valence-electron chi connectivity index (χ0n) is 46.0. The smallest absolute Gasteiger partial charge is 0.306 e. The van der Waals surface area contributed by atoms with Crippen molar-refractivity contribution < 1.29 is 33.3 Å². The Morgan fingerprint density at radius 1 is 0.786 bits per heavy atom. The Morgan fingerprint density at radius 3 is 2.31 bits per heavy atom. The molecule has 1 heterocycles. The van der Waals surface area contributed by atoms with Gasteiger partial charge in [0.05, 0.1) is 52.2 Å². The monoisotopic (exact) mass is 979 g/mol. The average molecular weight is 980 g/mol. The zero-order chi connectivity index (χ0) is 49.9. The largest absolute Gasteiger partial charge is 0.462 e. The van der Waals surface area contributed by atoms with Crippen molar-refractivity contribution in [2.45, 2.75) is 233 Å². The van der Waals surface area contributed by atoms with Gasteiger partial charge in [-0.05, 0) is 150 Å². The number of allylic oxidation sites excluding steroid dienone is 5. The van der Waals surface area contributed by atoms with Crippen LogP contribution < -0.4 is 5.32 Å². The fourth-order valence-electron chi connectivity index (χ4n) is 13.6. The van der Waals surface area contributed by atoms with E-state index in [4.69, 9.17) is 23.7 Å². The lowest BCUT2D eigenvalue weighted by Crippen LogP contribution is -2.50. The van der Waals surface area contributed by atoms with Crippen molar-refractivity contribution >= 4 is 11.9 Å². The van der Waals surface area contributed by atoms with Gasteiger partial charge in [-0.15, -0.1) is 0 Å². The van der Waals surface area contributed by atoms with Gasteiger partial charge >= 0.3 is 5.97 Å². The van der Waals surface area contributed by atoms with Crippen molar-refractivity contribution in [3.63, 3.8) is 0 Å². The van der Waals surface area contributed by atoms with Gasteiger partial charge in [0.15, 0.2) is 0 Å². The molecule has 4 aliphatic carbocycles. The molecule has 9 heteroatoms. The van der Waals surface area contributed by atoms with Gasteiger partial charge in [0, 0.05) is 38.6 Å². The molecule has 3 saturated carbocycles. The molecule has 1 amide bonds. The predicted octanol–water partition coefficient (Wildman–Crippen LogP) is 13.9. The lowest BCUT2D eigenvalue weighted by Gasteiger charge is -2.58. The topological polar surface area (TPSA) is 95.6 Å². The second kappa shape index (κ2) is 33.0. The third-order valence-corrected chi connectivity index (χ3v) is 17.9. The number of nitrogens with zero attached hydrogens (tertiary/aromatic N) is 1. The van der Waals surface area contributed by atoms with E-state index in [1.807, 2.05) is 0 Å². The first kappa shape index (κ1) is 58.8. The summed E-state index contributed by atoms with van der Waals surface area (Å²) in [4.78, 5) is 28.0. The molecule has 0 bridgehead atoms. The maximum Gasteiger partial charge on any atom is 0.306 e. The number of likely N-dealkylation sites (tertiary alicyclic amines) is 1. The molecule has 70 heavy (non-hydrogen) atoms. The van der Waals surface area contributed by atoms with Gasteiger partial charge in [0.25, 0.3) is 0 Å². The quantitative estimate of drug-likeness (QED) is 0.0374.